The third kappa shape index (κ3) is 8.90. The van der Waals surface area contributed by atoms with Crippen molar-refractivity contribution in [3.05, 3.63) is 122 Å². The van der Waals surface area contributed by atoms with Crippen molar-refractivity contribution in [2.75, 3.05) is 12.1 Å². The number of rotatable bonds is 13. The number of hydrogen-bond donors (Lipinski definition) is 3. The van der Waals surface area contributed by atoms with Gasteiger partial charge in [0.1, 0.15) is 37.5 Å². The van der Waals surface area contributed by atoms with Crippen LogP contribution in [0, 0.1) is 0 Å². The molecule has 1 heterocycles. The molecule has 5 rings (SSSR count). The highest BCUT2D eigenvalue weighted by molar-refractivity contribution is 6.36. The molecule has 1 aliphatic heterocycles. The summed E-state index contributed by atoms with van der Waals surface area (Å²) in [5, 5.41) is 7.15. The number of carbonyl (C=O) groups is 3. The molecule has 4 aromatic rings. The molecule has 4 N–H and O–H groups in total. The molecule has 0 radical (unpaired) electrons. The van der Waals surface area contributed by atoms with Gasteiger partial charge in [-0.05, 0) is 54.1 Å². The van der Waals surface area contributed by atoms with Crippen molar-refractivity contribution in [1.82, 2.24) is 5.32 Å². The van der Waals surface area contributed by atoms with Gasteiger partial charge in [-0.3, -0.25) is 14.4 Å². The summed E-state index contributed by atoms with van der Waals surface area (Å²) >= 11 is 24.9. The monoisotopic (exact) mass is 731 g/mol. The third-order valence-corrected chi connectivity index (χ3v) is 8.75. The maximum Gasteiger partial charge on any atom is 0.257 e. The first-order chi connectivity index (χ1) is 23.1. The minimum Gasteiger partial charge on any atom is -0.489 e. The van der Waals surface area contributed by atoms with Crippen LogP contribution in [0.1, 0.15) is 16.7 Å². The fourth-order valence-electron chi connectivity index (χ4n) is 4.77. The predicted molar refractivity (Wildman–Crippen MR) is 183 cm³/mol. The number of para-hydroxylation sites is 2. The molecule has 250 valence electrons. The van der Waals surface area contributed by atoms with E-state index in [4.69, 9.17) is 71.1 Å². The van der Waals surface area contributed by atoms with E-state index in [-0.39, 0.29) is 26.4 Å². The third-order valence-electron chi connectivity index (χ3n) is 7.33. The van der Waals surface area contributed by atoms with E-state index >= 15 is 0 Å². The highest BCUT2D eigenvalue weighted by atomic mass is 35.5. The van der Waals surface area contributed by atoms with Crippen molar-refractivity contribution in [2.24, 2.45) is 5.73 Å². The molecule has 0 aromatic heterocycles. The summed E-state index contributed by atoms with van der Waals surface area (Å²) in [5.74, 6) is -1.31. The summed E-state index contributed by atoms with van der Waals surface area (Å²) in [4.78, 5) is 38.8. The number of hydrogen-bond acceptors (Lipinski definition) is 7. The van der Waals surface area contributed by atoms with E-state index in [9.17, 15) is 14.4 Å². The van der Waals surface area contributed by atoms with Crippen LogP contribution >= 0.6 is 46.4 Å². The van der Waals surface area contributed by atoms with Gasteiger partial charge in [-0.1, -0.05) is 82.8 Å². The van der Waals surface area contributed by atoms with Gasteiger partial charge < -0.3 is 35.3 Å². The van der Waals surface area contributed by atoms with Gasteiger partial charge in [0.05, 0.1) is 5.69 Å². The van der Waals surface area contributed by atoms with E-state index in [1.165, 1.54) is 0 Å². The Kier molecular flexibility index (Phi) is 12.0. The summed E-state index contributed by atoms with van der Waals surface area (Å²) in [6, 6.07) is 22.8. The fourth-order valence-corrected chi connectivity index (χ4v) is 5.78. The van der Waals surface area contributed by atoms with Gasteiger partial charge in [-0.25, -0.2) is 0 Å². The number of ether oxygens (including phenoxy) is 4. The van der Waals surface area contributed by atoms with Crippen LogP contribution in [0.15, 0.2) is 84.9 Å². The molecule has 0 bridgehead atoms. The average Bonchev–Trinajstić information content (AvgIpc) is 3.56. The topological polar surface area (TPSA) is 138 Å². The molecule has 0 saturated carbocycles. The van der Waals surface area contributed by atoms with Crippen molar-refractivity contribution >= 4 is 69.8 Å². The van der Waals surface area contributed by atoms with E-state index in [2.05, 4.69) is 10.6 Å². The lowest BCUT2D eigenvalue weighted by atomic mass is 10.0. The van der Waals surface area contributed by atoms with Crippen molar-refractivity contribution < 1.29 is 33.3 Å². The molecule has 3 unspecified atom stereocenters. The number of halogens is 4. The Morgan fingerprint density at radius 2 is 1.27 bits per heavy atom. The first-order valence-corrected chi connectivity index (χ1v) is 16.0. The molecule has 14 heteroatoms. The second-order valence-corrected chi connectivity index (χ2v) is 12.2. The van der Waals surface area contributed by atoms with E-state index in [0.717, 1.165) is 0 Å². The quantitative estimate of drug-likeness (QED) is 0.146. The van der Waals surface area contributed by atoms with Gasteiger partial charge in [0.15, 0.2) is 12.2 Å². The molecule has 0 aliphatic carbocycles. The first kappa shape index (κ1) is 35.3. The Morgan fingerprint density at radius 3 is 1.85 bits per heavy atom. The number of anilines is 1. The highest BCUT2D eigenvalue weighted by Gasteiger charge is 2.41. The Bertz CT molecular complexity index is 1750. The molecule has 0 spiro atoms. The summed E-state index contributed by atoms with van der Waals surface area (Å²) < 4.78 is 22.6. The Balaban J connectivity index is 1.18. The zero-order valence-electron chi connectivity index (χ0n) is 25.1. The largest absolute Gasteiger partial charge is 0.489 e. The highest BCUT2D eigenvalue weighted by Crippen LogP contribution is 2.30. The van der Waals surface area contributed by atoms with Gasteiger partial charge in [0.2, 0.25) is 5.91 Å². The Labute approximate surface area is 296 Å². The number of primary amides is 1. The Hall–Kier alpha value is -4.03. The van der Waals surface area contributed by atoms with Gasteiger partial charge in [0.25, 0.3) is 11.8 Å². The number of nitrogens with two attached hydrogens (primary N) is 1. The number of benzene rings is 4. The molecule has 1 aliphatic rings. The average molecular weight is 733 g/mol. The van der Waals surface area contributed by atoms with Crippen LogP contribution in [-0.4, -0.2) is 42.8 Å². The Morgan fingerprint density at radius 1 is 0.729 bits per heavy atom. The summed E-state index contributed by atoms with van der Waals surface area (Å²) in [5.41, 5.74) is 7.86. The van der Waals surface area contributed by atoms with E-state index < -0.39 is 36.0 Å². The maximum atomic E-state index is 13.3. The van der Waals surface area contributed by atoms with E-state index in [0.29, 0.717) is 54.0 Å². The summed E-state index contributed by atoms with van der Waals surface area (Å²) in [6.45, 7) is -0.116. The minimum absolute atomic E-state index is 0.0428. The summed E-state index contributed by atoms with van der Waals surface area (Å²) in [7, 11) is 0. The molecular formula is C34H29Cl4N3O7. The van der Waals surface area contributed by atoms with Gasteiger partial charge in [0, 0.05) is 37.6 Å². The number of carbonyl (C=O) groups excluding carboxylic acids is 3. The lowest BCUT2D eigenvalue weighted by Crippen LogP contribution is -2.52. The van der Waals surface area contributed by atoms with Crippen LogP contribution in [-0.2, 0) is 43.5 Å². The molecule has 3 atom stereocenters. The standard InChI is InChI=1S/C34H29Cl4N3O7/c35-23-5-3-6-24(36)21(23)16-45-20-13-11-19(12-14-20)15-28(32(39)42)41-34(44)31-30(47-18-48-31)33(43)40-27-9-1-2-10-29(27)46-17-22-25(37)7-4-8-26(22)38/h1-14,28,30-31H,15-18H2,(H2,39,42)(H,40,43)(H,41,44). The van der Waals surface area contributed by atoms with Gasteiger partial charge >= 0.3 is 0 Å². The fraction of sp³-hybridized carbons (Fsp3) is 0.206. The van der Waals surface area contributed by atoms with Gasteiger partial charge in [-0.15, -0.1) is 0 Å². The van der Waals surface area contributed by atoms with Crippen LogP contribution in [0.5, 0.6) is 11.5 Å². The molecule has 10 nitrogen and oxygen atoms in total. The van der Waals surface area contributed by atoms with Crippen molar-refractivity contribution in [3.8, 4) is 11.5 Å². The minimum atomic E-state index is -1.35. The number of nitrogens with one attached hydrogen (secondary N) is 2. The van der Waals surface area contributed by atoms with Crippen LogP contribution < -0.4 is 25.8 Å². The van der Waals surface area contributed by atoms with Crippen LogP contribution in [0.25, 0.3) is 0 Å². The molecule has 48 heavy (non-hydrogen) atoms. The van der Waals surface area contributed by atoms with E-state index in [1.54, 1.807) is 84.9 Å². The predicted octanol–water partition coefficient (Wildman–Crippen LogP) is 6.35. The molecule has 1 fully saturated rings. The normalized spacial score (nSPS) is 16.2. The second kappa shape index (κ2) is 16.4. The van der Waals surface area contributed by atoms with Gasteiger partial charge in [-0.2, -0.15) is 0 Å². The molecule has 3 amide bonds. The van der Waals surface area contributed by atoms with E-state index in [1.807, 2.05) is 0 Å². The SMILES string of the molecule is NC(=O)C(Cc1ccc(OCc2c(Cl)cccc2Cl)cc1)NC(=O)C1OCOC1C(=O)Nc1ccccc1OCc1c(Cl)cccc1Cl. The first-order valence-electron chi connectivity index (χ1n) is 14.5. The zero-order valence-corrected chi connectivity index (χ0v) is 28.1. The van der Waals surface area contributed by atoms with Crippen LogP contribution in [0.4, 0.5) is 5.69 Å². The van der Waals surface area contributed by atoms with Crippen molar-refractivity contribution in [2.45, 2.75) is 37.9 Å². The number of amides is 3. The smallest absolute Gasteiger partial charge is 0.257 e. The summed E-state index contributed by atoms with van der Waals surface area (Å²) in [6.07, 6.45) is -2.61. The molecular weight excluding hydrogens is 704 g/mol. The van der Waals surface area contributed by atoms with Crippen LogP contribution in [0.2, 0.25) is 20.1 Å². The maximum absolute atomic E-state index is 13.3. The van der Waals surface area contributed by atoms with Crippen molar-refractivity contribution in [3.63, 3.8) is 0 Å². The van der Waals surface area contributed by atoms with Crippen molar-refractivity contribution in [1.29, 1.82) is 0 Å². The lowest BCUT2D eigenvalue weighted by molar-refractivity contribution is -0.137. The lowest BCUT2D eigenvalue weighted by Gasteiger charge is -2.21. The molecule has 1 saturated heterocycles. The second-order valence-electron chi connectivity index (χ2n) is 10.6. The zero-order chi connectivity index (χ0) is 34.2. The van der Waals surface area contributed by atoms with Crippen LogP contribution in [0.3, 0.4) is 0 Å². The molecule has 4 aromatic carbocycles.